The highest BCUT2D eigenvalue weighted by Gasteiger charge is 2.37. The maximum atomic E-state index is 12.5. The molecule has 20 heavy (non-hydrogen) atoms. The number of carbonyl (C=O) groups excluding carboxylic acids is 1. The number of hydrogen-bond donors (Lipinski definition) is 1. The Hall–Kier alpha value is -0.780. The van der Waals surface area contributed by atoms with Gasteiger partial charge in [0.05, 0.1) is 0 Å². The number of carbonyl (C=O) groups is 1. The van der Waals surface area contributed by atoms with Crippen molar-refractivity contribution in [2.45, 2.75) is 52.3 Å². The molecule has 6 heteroatoms. The van der Waals surface area contributed by atoms with Crippen LogP contribution >= 0.6 is 0 Å². The van der Waals surface area contributed by atoms with E-state index in [4.69, 9.17) is 0 Å². The van der Waals surface area contributed by atoms with Crippen LogP contribution in [0.4, 0.5) is 13.2 Å². The molecule has 2 atom stereocenters. The van der Waals surface area contributed by atoms with E-state index in [1.807, 2.05) is 0 Å². The van der Waals surface area contributed by atoms with Crippen molar-refractivity contribution in [2.75, 3.05) is 19.6 Å². The van der Waals surface area contributed by atoms with Crippen molar-refractivity contribution in [3.05, 3.63) is 0 Å². The van der Waals surface area contributed by atoms with Gasteiger partial charge in [-0.15, -0.1) is 0 Å². The van der Waals surface area contributed by atoms with Crippen LogP contribution in [0.1, 0.15) is 40.0 Å². The molecule has 0 aliphatic carbocycles. The zero-order valence-corrected chi connectivity index (χ0v) is 12.5. The van der Waals surface area contributed by atoms with Gasteiger partial charge in [0.1, 0.15) is 0 Å². The van der Waals surface area contributed by atoms with Crippen molar-refractivity contribution in [1.29, 1.82) is 0 Å². The number of likely N-dealkylation sites (tertiary alicyclic amines) is 1. The van der Waals surface area contributed by atoms with Crippen molar-refractivity contribution >= 4 is 5.91 Å². The molecule has 1 fully saturated rings. The van der Waals surface area contributed by atoms with Crippen molar-refractivity contribution < 1.29 is 18.0 Å². The van der Waals surface area contributed by atoms with Crippen LogP contribution in [0.3, 0.4) is 0 Å². The van der Waals surface area contributed by atoms with Gasteiger partial charge in [-0.1, -0.05) is 13.8 Å². The Morgan fingerprint density at radius 3 is 2.50 bits per heavy atom. The van der Waals surface area contributed by atoms with E-state index in [0.717, 1.165) is 13.0 Å². The molecule has 0 bridgehead atoms. The monoisotopic (exact) mass is 294 g/mol. The second-order valence-corrected chi connectivity index (χ2v) is 6.18. The number of hydrogen-bond acceptors (Lipinski definition) is 2. The lowest BCUT2D eigenvalue weighted by Crippen LogP contribution is -2.51. The number of amides is 1. The molecule has 1 heterocycles. The van der Waals surface area contributed by atoms with Crippen LogP contribution < -0.4 is 5.32 Å². The maximum absolute atomic E-state index is 12.5. The Morgan fingerprint density at radius 1 is 1.35 bits per heavy atom. The summed E-state index contributed by atoms with van der Waals surface area (Å²) < 4.78 is 37.6. The third-order valence-corrected chi connectivity index (χ3v) is 3.66. The molecule has 0 saturated carbocycles. The molecule has 0 radical (unpaired) electrons. The second kappa shape index (κ2) is 7.29. The quantitative estimate of drug-likeness (QED) is 0.845. The minimum Gasteiger partial charge on any atom is -0.341 e. The predicted molar refractivity (Wildman–Crippen MR) is 72.3 cm³/mol. The number of halogens is 3. The molecule has 2 unspecified atom stereocenters. The Labute approximate surface area is 118 Å². The fourth-order valence-electron chi connectivity index (χ4n) is 2.66. The van der Waals surface area contributed by atoms with Crippen LogP contribution in [-0.2, 0) is 4.79 Å². The van der Waals surface area contributed by atoms with Gasteiger partial charge in [0.25, 0.3) is 0 Å². The van der Waals surface area contributed by atoms with E-state index in [1.54, 1.807) is 0 Å². The Bertz CT molecular complexity index is 318. The standard InChI is InChI=1S/C14H25F3N2O/c1-10(2)4-5-18-13-6-12(7-14(15,16)17)8-19(9-13)11(3)20/h10,12-13,18H,4-9H2,1-3H3. The van der Waals surface area contributed by atoms with E-state index in [0.29, 0.717) is 18.9 Å². The fraction of sp³-hybridized carbons (Fsp3) is 0.929. The number of nitrogens with zero attached hydrogens (tertiary/aromatic N) is 1. The molecular formula is C14H25F3N2O. The normalized spacial score (nSPS) is 24.2. The van der Waals surface area contributed by atoms with Crippen LogP contribution in [0.25, 0.3) is 0 Å². The minimum atomic E-state index is -4.16. The van der Waals surface area contributed by atoms with Crippen LogP contribution in [-0.4, -0.2) is 42.7 Å². The smallest absolute Gasteiger partial charge is 0.341 e. The lowest BCUT2D eigenvalue weighted by atomic mass is 9.91. The molecule has 1 aliphatic rings. The minimum absolute atomic E-state index is 0.0289. The van der Waals surface area contributed by atoms with Gasteiger partial charge in [-0.3, -0.25) is 4.79 Å². The SMILES string of the molecule is CC(=O)N1CC(CC(F)(F)F)CC(NCCC(C)C)C1. The number of alkyl halides is 3. The molecule has 0 spiro atoms. The highest BCUT2D eigenvalue weighted by atomic mass is 19.4. The van der Waals surface area contributed by atoms with Gasteiger partial charge in [-0.2, -0.15) is 13.2 Å². The lowest BCUT2D eigenvalue weighted by molar-refractivity contribution is -0.152. The van der Waals surface area contributed by atoms with Gasteiger partial charge in [0.2, 0.25) is 5.91 Å². The van der Waals surface area contributed by atoms with Gasteiger partial charge < -0.3 is 10.2 Å². The molecule has 1 rings (SSSR count). The summed E-state index contributed by atoms with van der Waals surface area (Å²) in [4.78, 5) is 13.0. The first kappa shape index (κ1) is 17.3. The summed E-state index contributed by atoms with van der Waals surface area (Å²) in [5.74, 6) is -0.0855. The molecule has 3 nitrogen and oxygen atoms in total. The van der Waals surface area contributed by atoms with E-state index in [9.17, 15) is 18.0 Å². The molecule has 1 aliphatic heterocycles. The van der Waals surface area contributed by atoms with Gasteiger partial charge in [0, 0.05) is 32.5 Å². The molecule has 0 aromatic heterocycles. The Balaban J connectivity index is 2.54. The highest BCUT2D eigenvalue weighted by molar-refractivity contribution is 5.73. The summed E-state index contributed by atoms with van der Waals surface area (Å²) in [5, 5.41) is 3.29. The van der Waals surface area contributed by atoms with E-state index < -0.39 is 18.5 Å². The zero-order chi connectivity index (χ0) is 15.3. The first-order valence-corrected chi connectivity index (χ1v) is 7.23. The molecule has 0 aromatic carbocycles. The zero-order valence-electron chi connectivity index (χ0n) is 12.5. The van der Waals surface area contributed by atoms with Crippen LogP contribution in [0, 0.1) is 11.8 Å². The lowest BCUT2D eigenvalue weighted by Gasteiger charge is -2.38. The maximum Gasteiger partial charge on any atom is 0.389 e. The van der Waals surface area contributed by atoms with E-state index >= 15 is 0 Å². The number of piperidine rings is 1. The van der Waals surface area contributed by atoms with E-state index in [2.05, 4.69) is 19.2 Å². The predicted octanol–water partition coefficient (Wildman–Crippen LogP) is 2.81. The second-order valence-electron chi connectivity index (χ2n) is 6.18. The highest BCUT2D eigenvalue weighted by Crippen LogP contribution is 2.30. The third kappa shape index (κ3) is 6.59. The van der Waals surface area contributed by atoms with Crippen LogP contribution in [0.15, 0.2) is 0 Å². The topological polar surface area (TPSA) is 32.3 Å². The summed E-state index contributed by atoms with van der Waals surface area (Å²) in [7, 11) is 0. The van der Waals surface area contributed by atoms with Gasteiger partial charge >= 0.3 is 6.18 Å². The summed E-state index contributed by atoms with van der Waals surface area (Å²) >= 11 is 0. The van der Waals surface area contributed by atoms with Crippen LogP contribution in [0.5, 0.6) is 0 Å². The summed E-state index contributed by atoms with van der Waals surface area (Å²) in [6.07, 6.45) is -3.49. The molecule has 1 amide bonds. The first-order chi connectivity index (χ1) is 9.17. The summed E-state index contributed by atoms with van der Waals surface area (Å²) in [5.41, 5.74) is 0. The molecule has 1 N–H and O–H groups in total. The van der Waals surface area contributed by atoms with Gasteiger partial charge in [-0.25, -0.2) is 0 Å². The first-order valence-electron chi connectivity index (χ1n) is 7.23. The molecule has 118 valence electrons. The summed E-state index contributed by atoms with van der Waals surface area (Å²) in [6.45, 7) is 7.15. The average molecular weight is 294 g/mol. The van der Waals surface area contributed by atoms with Crippen molar-refractivity contribution in [3.63, 3.8) is 0 Å². The van der Waals surface area contributed by atoms with Crippen molar-refractivity contribution in [2.24, 2.45) is 11.8 Å². The fourth-order valence-corrected chi connectivity index (χ4v) is 2.66. The number of nitrogens with one attached hydrogen (secondary N) is 1. The van der Waals surface area contributed by atoms with Gasteiger partial charge in [0.15, 0.2) is 0 Å². The Morgan fingerprint density at radius 2 is 2.00 bits per heavy atom. The van der Waals surface area contributed by atoms with E-state index in [-0.39, 0.29) is 18.5 Å². The van der Waals surface area contributed by atoms with Gasteiger partial charge in [-0.05, 0) is 31.2 Å². The largest absolute Gasteiger partial charge is 0.389 e. The van der Waals surface area contributed by atoms with E-state index in [1.165, 1.54) is 11.8 Å². The molecule has 0 aromatic rings. The third-order valence-electron chi connectivity index (χ3n) is 3.66. The van der Waals surface area contributed by atoms with Crippen molar-refractivity contribution in [1.82, 2.24) is 10.2 Å². The molecule has 1 saturated heterocycles. The summed E-state index contributed by atoms with van der Waals surface area (Å²) in [6, 6.07) is -0.0289. The molecular weight excluding hydrogens is 269 g/mol. The average Bonchev–Trinajstić information content (AvgIpc) is 2.25. The van der Waals surface area contributed by atoms with Crippen LogP contribution in [0.2, 0.25) is 0 Å². The number of rotatable bonds is 5. The van der Waals surface area contributed by atoms with Crippen molar-refractivity contribution in [3.8, 4) is 0 Å². The Kier molecular flexibility index (Phi) is 6.30.